The van der Waals surface area contributed by atoms with Crippen LogP contribution in [0.25, 0.3) is 0 Å². The highest BCUT2D eigenvalue weighted by molar-refractivity contribution is 5.92. The molecule has 2 N–H and O–H groups in total. The lowest BCUT2D eigenvalue weighted by Gasteiger charge is -2.43. The molecule has 32 heavy (non-hydrogen) atoms. The summed E-state index contributed by atoms with van der Waals surface area (Å²) < 4.78 is 40.0. The number of hydrogen-bond acceptors (Lipinski definition) is 5. The topological polar surface area (TPSA) is 96.2 Å². The molecular weight excluding hydrogens is 423 g/mol. The van der Waals surface area contributed by atoms with Gasteiger partial charge in [0, 0.05) is 50.1 Å². The second kappa shape index (κ2) is 8.13. The summed E-state index contributed by atoms with van der Waals surface area (Å²) in [6.07, 6.45) is -3.32. The van der Waals surface area contributed by atoms with Crippen LogP contribution in [0.1, 0.15) is 40.2 Å². The number of hydrogen-bond donors (Lipinski definition) is 2. The number of aliphatic hydroxyl groups is 1. The number of nitriles is 1. The van der Waals surface area contributed by atoms with Crippen LogP contribution in [0.5, 0.6) is 0 Å². The Morgan fingerprint density at radius 1 is 1.34 bits per heavy atom. The van der Waals surface area contributed by atoms with E-state index in [9.17, 15) is 23.1 Å². The number of H-pyrrole nitrogens is 1. The largest absolute Gasteiger partial charge is 0.417 e. The normalized spacial score (nSPS) is 20.6. The predicted molar refractivity (Wildman–Crippen MR) is 110 cm³/mol. The van der Waals surface area contributed by atoms with Gasteiger partial charge in [-0.1, -0.05) is 0 Å². The molecule has 2 aliphatic heterocycles. The van der Waals surface area contributed by atoms with E-state index >= 15 is 0 Å². The molecule has 1 aromatic carbocycles. The fourth-order valence-corrected chi connectivity index (χ4v) is 4.97. The first-order valence-corrected chi connectivity index (χ1v) is 10.5. The van der Waals surface area contributed by atoms with E-state index in [1.165, 1.54) is 6.07 Å². The fraction of sp³-hybridized carbons (Fsp3) is 0.500. The number of aryl methyl sites for hydroxylation is 1. The molecule has 3 heterocycles. The molecule has 1 unspecified atom stereocenters. The van der Waals surface area contributed by atoms with Gasteiger partial charge in [-0.3, -0.25) is 9.89 Å². The average Bonchev–Trinajstić information content (AvgIpc) is 3.36. The fourth-order valence-electron chi connectivity index (χ4n) is 4.97. The van der Waals surface area contributed by atoms with Crippen LogP contribution in [-0.2, 0) is 6.18 Å². The molecule has 7 nitrogen and oxygen atoms in total. The number of carbonyl (C=O) groups is 1. The van der Waals surface area contributed by atoms with E-state index in [-0.39, 0.29) is 23.8 Å². The van der Waals surface area contributed by atoms with Crippen molar-refractivity contribution in [3.8, 4) is 6.07 Å². The lowest BCUT2D eigenvalue weighted by atomic mass is 9.71. The zero-order chi connectivity index (χ0) is 23.1. The van der Waals surface area contributed by atoms with Gasteiger partial charge < -0.3 is 14.9 Å². The maximum atomic E-state index is 13.3. The number of anilines is 1. The van der Waals surface area contributed by atoms with E-state index in [1.807, 2.05) is 11.8 Å². The van der Waals surface area contributed by atoms with Crippen molar-refractivity contribution < 1.29 is 23.1 Å². The van der Waals surface area contributed by atoms with Gasteiger partial charge in [0.15, 0.2) is 0 Å². The Labute approximate surface area is 183 Å². The maximum absolute atomic E-state index is 13.3. The smallest absolute Gasteiger partial charge is 0.396 e. The number of aromatic nitrogens is 2. The number of benzene rings is 1. The molecule has 4 rings (SSSR count). The van der Waals surface area contributed by atoms with Crippen molar-refractivity contribution in [1.82, 2.24) is 15.1 Å². The van der Waals surface area contributed by atoms with Gasteiger partial charge in [-0.05, 0) is 49.4 Å². The number of nitrogens with one attached hydrogen (secondary N) is 1. The molecule has 0 radical (unpaired) electrons. The third kappa shape index (κ3) is 3.93. The Balaban J connectivity index is 1.50. The van der Waals surface area contributed by atoms with Gasteiger partial charge >= 0.3 is 6.18 Å². The van der Waals surface area contributed by atoms with Gasteiger partial charge in [-0.2, -0.15) is 23.5 Å². The van der Waals surface area contributed by atoms with Gasteiger partial charge in [-0.25, -0.2) is 0 Å². The van der Waals surface area contributed by atoms with Crippen molar-refractivity contribution in [1.29, 1.82) is 5.26 Å². The molecular formula is C22H24F3N5O2. The second-order valence-corrected chi connectivity index (χ2v) is 8.69. The third-order valence-corrected chi connectivity index (χ3v) is 6.80. The van der Waals surface area contributed by atoms with Crippen LogP contribution in [0.3, 0.4) is 0 Å². The molecule has 1 aromatic heterocycles. The summed E-state index contributed by atoms with van der Waals surface area (Å²) in [5, 5.41) is 25.8. The molecule has 0 aliphatic carbocycles. The lowest BCUT2D eigenvalue weighted by molar-refractivity contribution is -0.137. The van der Waals surface area contributed by atoms with Crippen LogP contribution in [0.2, 0.25) is 0 Å². The van der Waals surface area contributed by atoms with Crippen LogP contribution in [0.4, 0.5) is 18.9 Å². The number of aromatic amines is 1. The lowest BCUT2D eigenvalue weighted by Crippen LogP contribution is -2.45. The molecule has 2 aromatic rings. The average molecular weight is 447 g/mol. The van der Waals surface area contributed by atoms with Crippen LogP contribution in [-0.4, -0.2) is 58.9 Å². The Kier molecular flexibility index (Phi) is 5.63. The number of halogens is 3. The monoisotopic (exact) mass is 447 g/mol. The van der Waals surface area contributed by atoms with Gasteiger partial charge in [-0.15, -0.1) is 0 Å². The zero-order valence-corrected chi connectivity index (χ0v) is 17.6. The third-order valence-electron chi connectivity index (χ3n) is 6.80. The molecule has 170 valence electrons. The number of alkyl halides is 3. The predicted octanol–water partition coefficient (Wildman–Crippen LogP) is 2.96. The summed E-state index contributed by atoms with van der Waals surface area (Å²) in [6, 6.07) is 7.07. The first-order chi connectivity index (χ1) is 15.2. The molecule has 1 spiro atoms. The Morgan fingerprint density at radius 2 is 2.06 bits per heavy atom. The molecule has 0 bridgehead atoms. The molecule has 10 heteroatoms. The van der Waals surface area contributed by atoms with E-state index in [0.717, 1.165) is 11.8 Å². The van der Waals surface area contributed by atoms with Gasteiger partial charge in [0.1, 0.15) is 5.69 Å². The Bertz CT molecular complexity index is 1050. The maximum Gasteiger partial charge on any atom is 0.417 e. The number of likely N-dealkylation sites (tertiary alicyclic amines) is 1. The number of rotatable bonds is 3. The van der Waals surface area contributed by atoms with Crippen molar-refractivity contribution in [3.05, 3.63) is 46.8 Å². The summed E-state index contributed by atoms with van der Waals surface area (Å²) >= 11 is 0. The number of nitrogens with zero attached hydrogens (tertiary/aromatic N) is 4. The SMILES string of the molecule is Cc1cc(C(=O)N2CC(CO)C3(CCN(c4ccc(C#N)c(C(F)(F)F)c4)CC3)C2)n[nH]1. The number of carbonyl (C=O) groups excluding carboxylic acids is 1. The molecule has 0 saturated carbocycles. The highest BCUT2D eigenvalue weighted by atomic mass is 19.4. The Hall–Kier alpha value is -3.06. The van der Waals surface area contributed by atoms with Crippen LogP contribution in [0.15, 0.2) is 24.3 Å². The number of aliphatic hydroxyl groups excluding tert-OH is 1. The quantitative estimate of drug-likeness (QED) is 0.754. The highest BCUT2D eigenvalue weighted by Crippen LogP contribution is 2.46. The van der Waals surface area contributed by atoms with Crippen LogP contribution >= 0.6 is 0 Å². The van der Waals surface area contributed by atoms with Crippen LogP contribution in [0, 0.1) is 29.6 Å². The number of amides is 1. The molecule has 2 saturated heterocycles. The minimum atomic E-state index is -4.60. The second-order valence-electron chi connectivity index (χ2n) is 8.69. The minimum Gasteiger partial charge on any atom is -0.396 e. The standard InChI is InChI=1S/C22H24F3N5O2/c1-14-8-19(28-27-14)20(32)30-11-16(12-31)21(13-30)4-6-29(7-5-21)17-3-2-15(10-26)18(9-17)22(23,24)25/h2-3,8-9,16,31H,4-7,11-13H2,1H3,(H,27,28). The van der Waals surface area contributed by atoms with Crippen molar-refractivity contribution in [2.24, 2.45) is 11.3 Å². The van der Waals surface area contributed by atoms with Crippen molar-refractivity contribution >= 4 is 11.6 Å². The van der Waals surface area contributed by atoms with Crippen LogP contribution < -0.4 is 4.90 Å². The minimum absolute atomic E-state index is 0.0571. The van der Waals surface area contributed by atoms with Crippen molar-refractivity contribution in [3.63, 3.8) is 0 Å². The van der Waals surface area contributed by atoms with Crippen molar-refractivity contribution in [2.45, 2.75) is 25.9 Å². The van der Waals surface area contributed by atoms with E-state index in [2.05, 4.69) is 10.2 Å². The molecule has 1 amide bonds. The number of piperidine rings is 1. The summed E-state index contributed by atoms with van der Waals surface area (Å²) in [5.74, 6) is -0.283. The van der Waals surface area contributed by atoms with E-state index < -0.39 is 17.3 Å². The van der Waals surface area contributed by atoms with E-state index in [0.29, 0.717) is 50.4 Å². The van der Waals surface area contributed by atoms with E-state index in [4.69, 9.17) is 5.26 Å². The summed E-state index contributed by atoms with van der Waals surface area (Å²) in [4.78, 5) is 16.4. The first kappa shape index (κ1) is 22.1. The first-order valence-electron chi connectivity index (χ1n) is 10.5. The Morgan fingerprint density at radius 3 is 2.62 bits per heavy atom. The van der Waals surface area contributed by atoms with Gasteiger partial charge in [0.2, 0.25) is 0 Å². The summed E-state index contributed by atoms with van der Waals surface area (Å²) in [5.41, 5.74) is -0.0665. The highest BCUT2D eigenvalue weighted by Gasteiger charge is 2.49. The van der Waals surface area contributed by atoms with Gasteiger partial charge in [0.25, 0.3) is 5.91 Å². The summed E-state index contributed by atoms with van der Waals surface area (Å²) in [6.45, 7) is 3.67. The molecule has 1 atom stereocenters. The summed E-state index contributed by atoms with van der Waals surface area (Å²) in [7, 11) is 0. The van der Waals surface area contributed by atoms with Crippen molar-refractivity contribution in [2.75, 3.05) is 37.7 Å². The molecule has 2 aliphatic rings. The zero-order valence-electron chi connectivity index (χ0n) is 17.6. The van der Waals surface area contributed by atoms with Gasteiger partial charge in [0.05, 0.1) is 17.2 Å². The van der Waals surface area contributed by atoms with E-state index in [1.54, 1.807) is 23.1 Å². The molecule has 2 fully saturated rings.